The van der Waals surface area contributed by atoms with Crippen molar-refractivity contribution in [3.8, 4) is 0 Å². The van der Waals surface area contributed by atoms with Crippen LogP contribution in [0.5, 0.6) is 0 Å². The third-order valence-electron chi connectivity index (χ3n) is 3.53. The molecule has 0 bridgehead atoms. The fourth-order valence-electron chi connectivity index (χ4n) is 2.65. The van der Waals surface area contributed by atoms with Crippen LogP contribution in [0.3, 0.4) is 0 Å². The minimum Gasteiger partial charge on any atom is -0.472 e. The zero-order valence-electron chi connectivity index (χ0n) is 8.78. The molecule has 14 heavy (non-hydrogen) atoms. The van der Waals surface area contributed by atoms with Crippen molar-refractivity contribution >= 4 is 0 Å². The lowest BCUT2D eigenvalue weighted by Gasteiger charge is -2.33. The second-order valence-corrected chi connectivity index (χ2v) is 4.40. The molecule has 1 heterocycles. The van der Waals surface area contributed by atoms with Crippen LogP contribution in [-0.2, 0) is 0 Å². The summed E-state index contributed by atoms with van der Waals surface area (Å²) in [6.45, 7) is 2.27. The van der Waals surface area contributed by atoms with Gasteiger partial charge >= 0.3 is 0 Å². The van der Waals surface area contributed by atoms with Crippen LogP contribution in [0.1, 0.15) is 44.1 Å². The van der Waals surface area contributed by atoms with E-state index in [0.717, 1.165) is 12.3 Å². The summed E-state index contributed by atoms with van der Waals surface area (Å²) in [5.74, 6) is 1.43. The maximum atomic E-state index is 6.02. The van der Waals surface area contributed by atoms with Crippen molar-refractivity contribution in [2.75, 3.05) is 0 Å². The number of rotatable bonds is 2. The van der Waals surface area contributed by atoms with Gasteiger partial charge in [-0.05, 0) is 42.7 Å². The van der Waals surface area contributed by atoms with Crippen LogP contribution >= 0.6 is 0 Å². The minimum atomic E-state index is 0.387. The Labute approximate surface area is 85.5 Å². The summed E-state index contributed by atoms with van der Waals surface area (Å²) in [4.78, 5) is 0. The van der Waals surface area contributed by atoms with Crippen molar-refractivity contribution in [2.24, 2.45) is 11.7 Å². The lowest BCUT2D eigenvalue weighted by atomic mass is 9.73. The Bertz CT molecular complexity index is 268. The molecule has 3 unspecified atom stereocenters. The van der Waals surface area contributed by atoms with Crippen LogP contribution < -0.4 is 5.73 Å². The molecule has 2 rings (SSSR count). The molecule has 1 aliphatic carbocycles. The summed E-state index contributed by atoms with van der Waals surface area (Å²) < 4.78 is 5.15. The predicted molar refractivity (Wildman–Crippen MR) is 57.1 cm³/mol. The van der Waals surface area contributed by atoms with Crippen LogP contribution in [0, 0.1) is 5.92 Å². The quantitative estimate of drug-likeness (QED) is 0.784. The molecule has 0 aromatic carbocycles. The van der Waals surface area contributed by atoms with Gasteiger partial charge in [0.05, 0.1) is 12.5 Å². The fraction of sp³-hybridized carbons (Fsp3) is 0.667. The molecule has 2 N–H and O–H groups in total. The van der Waals surface area contributed by atoms with E-state index in [4.69, 9.17) is 10.2 Å². The monoisotopic (exact) mass is 193 g/mol. The first-order valence-electron chi connectivity index (χ1n) is 5.59. The fourth-order valence-corrected chi connectivity index (χ4v) is 2.65. The summed E-state index contributed by atoms with van der Waals surface area (Å²) >= 11 is 0. The normalized spacial score (nSPS) is 33.1. The van der Waals surface area contributed by atoms with E-state index in [1.165, 1.54) is 24.8 Å². The molecule has 1 fully saturated rings. The van der Waals surface area contributed by atoms with Crippen LogP contribution in [0.4, 0.5) is 0 Å². The Morgan fingerprint density at radius 2 is 2.36 bits per heavy atom. The van der Waals surface area contributed by atoms with E-state index in [-0.39, 0.29) is 0 Å². The van der Waals surface area contributed by atoms with Crippen molar-refractivity contribution in [2.45, 2.75) is 44.6 Å². The second-order valence-electron chi connectivity index (χ2n) is 4.40. The number of nitrogens with two attached hydrogens (primary N) is 1. The van der Waals surface area contributed by atoms with Crippen LogP contribution in [0.15, 0.2) is 23.0 Å². The number of hydrogen-bond donors (Lipinski definition) is 1. The number of furan rings is 1. The third kappa shape index (κ3) is 1.85. The molecule has 0 saturated heterocycles. The van der Waals surface area contributed by atoms with Crippen molar-refractivity contribution < 1.29 is 4.42 Å². The molecule has 2 heteroatoms. The molecule has 1 aromatic rings. The zero-order valence-corrected chi connectivity index (χ0v) is 8.78. The first kappa shape index (κ1) is 9.78. The van der Waals surface area contributed by atoms with Gasteiger partial charge in [-0.1, -0.05) is 13.3 Å². The van der Waals surface area contributed by atoms with Gasteiger partial charge in [0.15, 0.2) is 0 Å². The van der Waals surface area contributed by atoms with E-state index < -0.39 is 0 Å². The molecular weight excluding hydrogens is 174 g/mol. The van der Waals surface area contributed by atoms with Crippen LogP contribution in [0.25, 0.3) is 0 Å². The molecule has 0 amide bonds. The van der Waals surface area contributed by atoms with E-state index in [1.54, 1.807) is 6.26 Å². The SMILES string of the molecule is CCC1CCC(N)CC1c1ccoc1. The van der Waals surface area contributed by atoms with Gasteiger partial charge in [0.25, 0.3) is 0 Å². The Balaban J connectivity index is 2.13. The molecule has 0 aliphatic heterocycles. The lowest BCUT2D eigenvalue weighted by Crippen LogP contribution is -2.31. The first-order chi connectivity index (χ1) is 6.81. The van der Waals surface area contributed by atoms with Gasteiger partial charge < -0.3 is 10.2 Å². The Morgan fingerprint density at radius 1 is 1.50 bits per heavy atom. The average molecular weight is 193 g/mol. The highest BCUT2D eigenvalue weighted by Gasteiger charge is 2.29. The largest absolute Gasteiger partial charge is 0.472 e. The number of hydrogen-bond acceptors (Lipinski definition) is 2. The standard InChI is InChI=1S/C12H19NO/c1-2-9-3-4-11(13)7-12(9)10-5-6-14-8-10/h5-6,8-9,11-12H,2-4,7,13H2,1H3. The Hall–Kier alpha value is -0.760. The topological polar surface area (TPSA) is 39.2 Å². The second kappa shape index (κ2) is 4.18. The van der Waals surface area contributed by atoms with Crippen LogP contribution in [0.2, 0.25) is 0 Å². The maximum absolute atomic E-state index is 6.02. The molecule has 1 saturated carbocycles. The van der Waals surface area contributed by atoms with Crippen molar-refractivity contribution in [1.29, 1.82) is 0 Å². The summed E-state index contributed by atoms with van der Waals surface area (Å²) in [5.41, 5.74) is 7.36. The van der Waals surface area contributed by atoms with Gasteiger partial charge in [-0.2, -0.15) is 0 Å². The summed E-state index contributed by atoms with van der Waals surface area (Å²) in [7, 11) is 0. The minimum absolute atomic E-state index is 0.387. The summed E-state index contributed by atoms with van der Waals surface area (Å²) in [6.07, 6.45) is 8.48. The molecular formula is C12H19NO. The van der Waals surface area contributed by atoms with Crippen molar-refractivity contribution in [1.82, 2.24) is 0 Å². The van der Waals surface area contributed by atoms with Crippen molar-refractivity contribution in [3.63, 3.8) is 0 Å². The predicted octanol–water partition coefficient (Wildman–Crippen LogP) is 2.90. The molecule has 3 atom stereocenters. The summed E-state index contributed by atoms with van der Waals surface area (Å²) in [5, 5.41) is 0. The average Bonchev–Trinajstić information content (AvgIpc) is 2.70. The Morgan fingerprint density at radius 3 is 3.00 bits per heavy atom. The molecule has 2 nitrogen and oxygen atoms in total. The molecule has 78 valence electrons. The highest BCUT2D eigenvalue weighted by Crippen LogP contribution is 2.39. The van der Waals surface area contributed by atoms with Crippen molar-refractivity contribution in [3.05, 3.63) is 24.2 Å². The van der Waals surface area contributed by atoms with Gasteiger partial charge in [0.1, 0.15) is 0 Å². The first-order valence-corrected chi connectivity index (χ1v) is 5.59. The highest BCUT2D eigenvalue weighted by molar-refractivity contribution is 5.15. The van der Waals surface area contributed by atoms with Gasteiger partial charge in [-0.3, -0.25) is 0 Å². The zero-order chi connectivity index (χ0) is 9.97. The molecule has 0 radical (unpaired) electrons. The van der Waals surface area contributed by atoms with E-state index >= 15 is 0 Å². The van der Waals surface area contributed by atoms with E-state index in [1.807, 2.05) is 6.26 Å². The van der Waals surface area contributed by atoms with Gasteiger partial charge in [-0.15, -0.1) is 0 Å². The lowest BCUT2D eigenvalue weighted by molar-refractivity contribution is 0.272. The molecule has 1 aromatic heterocycles. The van der Waals surface area contributed by atoms with Crippen LogP contribution in [-0.4, -0.2) is 6.04 Å². The highest BCUT2D eigenvalue weighted by atomic mass is 16.3. The molecule has 1 aliphatic rings. The van der Waals surface area contributed by atoms with Gasteiger partial charge in [-0.25, -0.2) is 0 Å². The molecule has 0 spiro atoms. The van der Waals surface area contributed by atoms with E-state index in [0.29, 0.717) is 12.0 Å². The maximum Gasteiger partial charge on any atom is 0.0937 e. The van der Waals surface area contributed by atoms with E-state index in [2.05, 4.69) is 13.0 Å². The van der Waals surface area contributed by atoms with Gasteiger partial charge in [0.2, 0.25) is 0 Å². The third-order valence-corrected chi connectivity index (χ3v) is 3.53. The van der Waals surface area contributed by atoms with Gasteiger partial charge in [0, 0.05) is 6.04 Å². The van der Waals surface area contributed by atoms with E-state index in [9.17, 15) is 0 Å². The summed E-state index contributed by atoms with van der Waals surface area (Å²) in [6, 6.07) is 2.48. The Kier molecular flexibility index (Phi) is 2.92. The smallest absolute Gasteiger partial charge is 0.0937 e.